The van der Waals surface area contributed by atoms with Crippen LogP contribution in [0.2, 0.25) is 0 Å². The Bertz CT molecular complexity index is 829. The van der Waals surface area contributed by atoms with Crippen LogP contribution in [-0.2, 0) is 16.5 Å². The zero-order valence-electron chi connectivity index (χ0n) is 12.4. The van der Waals surface area contributed by atoms with Gasteiger partial charge in [0.2, 0.25) is 0 Å². The summed E-state index contributed by atoms with van der Waals surface area (Å²) in [6, 6.07) is 13.3. The number of nitro groups is 1. The third-order valence-corrected chi connectivity index (χ3v) is 3.43. The zero-order chi connectivity index (χ0) is 16.9. The second kappa shape index (κ2) is 7.06. The van der Waals surface area contributed by atoms with Gasteiger partial charge in [-0.2, -0.15) is 8.42 Å². The highest BCUT2D eigenvalue weighted by Gasteiger charge is 2.14. The molecule has 0 spiro atoms. The molecule has 0 atom stereocenters. The van der Waals surface area contributed by atoms with E-state index in [9.17, 15) is 18.5 Å². The quantitative estimate of drug-likeness (QED) is 0.460. The van der Waals surface area contributed by atoms with Crippen molar-refractivity contribution < 1.29 is 17.5 Å². The third-order valence-electron chi connectivity index (χ3n) is 2.94. The van der Waals surface area contributed by atoms with Gasteiger partial charge in [-0.05, 0) is 18.1 Å². The van der Waals surface area contributed by atoms with Crippen LogP contribution in [0.5, 0.6) is 5.75 Å². The van der Waals surface area contributed by atoms with Crippen molar-refractivity contribution in [2.75, 3.05) is 6.26 Å². The molecule has 23 heavy (non-hydrogen) atoms. The van der Waals surface area contributed by atoms with Gasteiger partial charge in [-0.15, -0.1) is 0 Å². The van der Waals surface area contributed by atoms with Crippen molar-refractivity contribution in [3.05, 3.63) is 75.8 Å². The Balaban J connectivity index is 2.28. The van der Waals surface area contributed by atoms with E-state index in [1.54, 1.807) is 6.08 Å². The molecule has 6 nitrogen and oxygen atoms in total. The zero-order valence-corrected chi connectivity index (χ0v) is 13.2. The van der Waals surface area contributed by atoms with Gasteiger partial charge in [0, 0.05) is 17.7 Å². The Morgan fingerprint density at radius 2 is 1.87 bits per heavy atom. The van der Waals surface area contributed by atoms with Crippen LogP contribution in [0.4, 0.5) is 5.69 Å². The van der Waals surface area contributed by atoms with Crippen molar-refractivity contribution in [2.24, 2.45) is 0 Å². The number of hydrogen-bond donors (Lipinski definition) is 0. The van der Waals surface area contributed by atoms with Crippen LogP contribution < -0.4 is 4.18 Å². The number of non-ortho nitro benzene ring substituents is 1. The highest BCUT2D eigenvalue weighted by Crippen LogP contribution is 2.26. The molecule has 2 aromatic rings. The van der Waals surface area contributed by atoms with Gasteiger partial charge >= 0.3 is 10.1 Å². The summed E-state index contributed by atoms with van der Waals surface area (Å²) in [7, 11) is -3.70. The predicted molar refractivity (Wildman–Crippen MR) is 87.7 cm³/mol. The average molecular weight is 333 g/mol. The van der Waals surface area contributed by atoms with E-state index < -0.39 is 15.0 Å². The van der Waals surface area contributed by atoms with E-state index in [1.165, 1.54) is 18.2 Å². The third kappa shape index (κ3) is 5.23. The Morgan fingerprint density at radius 3 is 2.48 bits per heavy atom. The molecule has 7 heteroatoms. The smallest absolute Gasteiger partial charge is 0.306 e. The normalized spacial score (nSPS) is 11.5. The Labute approximate surface area is 134 Å². The lowest BCUT2D eigenvalue weighted by Crippen LogP contribution is -2.07. The first-order chi connectivity index (χ1) is 10.8. The van der Waals surface area contributed by atoms with E-state index in [1.807, 2.05) is 36.4 Å². The first-order valence-corrected chi connectivity index (χ1v) is 8.55. The predicted octanol–water partition coefficient (Wildman–Crippen LogP) is 3.19. The van der Waals surface area contributed by atoms with E-state index in [0.29, 0.717) is 12.0 Å². The van der Waals surface area contributed by atoms with Crippen LogP contribution in [0.15, 0.2) is 54.6 Å². The first-order valence-electron chi connectivity index (χ1n) is 6.73. The van der Waals surface area contributed by atoms with Crippen molar-refractivity contribution in [1.82, 2.24) is 0 Å². The van der Waals surface area contributed by atoms with E-state index in [0.717, 1.165) is 11.8 Å². The maximum Gasteiger partial charge on any atom is 0.306 e. The van der Waals surface area contributed by atoms with E-state index in [4.69, 9.17) is 4.18 Å². The minimum atomic E-state index is -3.70. The minimum Gasteiger partial charge on any atom is -0.382 e. The standard InChI is InChI=1S/C16H15NO5S/c1-23(20,21)22-16-11-10-15(17(18)19)12-14(16)9-5-8-13-6-3-2-4-7-13/h2-8,10-12H,9H2,1H3/b8-5+. The molecule has 0 aliphatic carbocycles. The van der Waals surface area contributed by atoms with E-state index in [2.05, 4.69) is 0 Å². The molecule has 0 aromatic heterocycles. The lowest BCUT2D eigenvalue weighted by Gasteiger charge is -2.08. The fraction of sp³-hybridized carbons (Fsp3) is 0.125. The molecule has 0 saturated heterocycles. The summed E-state index contributed by atoms with van der Waals surface area (Å²) in [5, 5.41) is 10.9. The maximum atomic E-state index is 11.3. The van der Waals surface area contributed by atoms with Crippen LogP contribution in [0, 0.1) is 10.1 Å². The second-order valence-electron chi connectivity index (χ2n) is 4.85. The molecule has 0 bridgehead atoms. The van der Waals surface area contributed by atoms with Gasteiger partial charge in [0.1, 0.15) is 5.75 Å². The Hall–Kier alpha value is -2.67. The molecule has 0 fully saturated rings. The van der Waals surface area contributed by atoms with Gasteiger partial charge in [-0.1, -0.05) is 42.5 Å². The van der Waals surface area contributed by atoms with Crippen LogP contribution in [0.1, 0.15) is 11.1 Å². The van der Waals surface area contributed by atoms with E-state index in [-0.39, 0.29) is 11.4 Å². The Kier molecular flexibility index (Phi) is 5.13. The van der Waals surface area contributed by atoms with Crippen molar-refractivity contribution in [2.45, 2.75) is 6.42 Å². The molecule has 0 heterocycles. The maximum absolute atomic E-state index is 11.3. The number of rotatable bonds is 6. The largest absolute Gasteiger partial charge is 0.382 e. The van der Waals surface area contributed by atoms with Gasteiger partial charge in [0.15, 0.2) is 0 Å². The number of allylic oxidation sites excluding steroid dienone is 1. The highest BCUT2D eigenvalue weighted by atomic mass is 32.2. The van der Waals surface area contributed by atoms with Crippen molar-refractivity contribution in [3.8, 4) is 5.75 Å². The minimum absolute atomic E-state index is 0.0933. The van der Waals surface area contributed by atoms with Gasteiger partial charge < -0.3 is 4.18 Å². The summed E-state index contributed by atoms with van der Waals surface area (Å²) in [6.07, 6.45) is 4.88. The average Bonchev–Trinajstić information content (AvgIpc) is 2.48. The number of nitro benzene ring substituents is 1. The van der Waals surface area contributed by atoms with Crippen LogP contribution in [0.25, 0.3) is 6.08 Å². The Morgan fingerprint density at radius 1 is 1.17 bits per heavy atom. The molecular weight excluding hydrogens is 318 g/mol. The highest BCUT2D eigenvalue weighted by molar-refractivity contribution is 7.86. The lowest BCUT2D eigenvalue weighted by molar-refractivity contribution is -0.384. The summed E-state index contributed by atoms with van der Waals surface area (Å²) in [5.41, 5.74) is 1.29. The molecule has 0 aliphatic heterocycles. The molecule has 2 rings (SSSR count). The topological polar surface area (TPSA) is 86.5 Å². The van der Waals surface area contributed by atoms with Crippen LogP contribution in [0.3, 0.4) is 0 Å². The van der Waals surface area contributed by atoms with Gasteiger partial charge in [-0.25, -0.2) is 0 Å². The fourth-order valence-electron chi connectivity index (χ4n) is 1.97. The summed E-state index contributed by atoms with van der Waals surface area (Å²) >= 11 is 0. The van der Waals surface area contributed by atoms with Crippen molar-refractivity contribution >= 4 is 21.9 Å². The summed E-state index contributed by atoms with van der Waals surface area (Å²) in [4.78, 5) is 10.3. The molecule has 0 amide bonds. The fourth-order valence-corrected chi connectivity index (χ4v) is 2.46. The molecule has 120 valence electrons. The second-order valence-corrected chi connectivity index (χ2v) is 6.43. The molecule has 0 radical (unpaired) electrons. The SMILES string of the molecule is CS(=O)(=O)Oc1ccc([N+](=O)[O-])cc1C/C=C/c1ccccc1. The number of nitrogens with zero attached hydrogens (tertiary/aromatic N) is 1. The van der Waals surface area contributed by atoms with Crippen molar-refractivity contribution in [1.29, 1.82) is 0 Å². The summed E-state index contributed by atoms with van der Waals surface area (Å²) in [6.45, 7) is 0. The molecular formula is C16H15NO5S. The summed E-state index contributed by atoms with van der Waals surface area (Å²) < 4.78 is 27.5. The molecule has 0 unspecified atom stereocenters. The van der Waals surface area contributed by atoms with Crippen LogP contribution >= 0.6 is 0 Å². The number of hydrogen-bond acceptors (Lipinski definition) is 5. The van der Waals surface area contributed by atoms with E-state index >= 15 is 0 Å². The van der Waals surface area contributed by atoms with Crippen molar-refractivity contribution in [3.63, 3.8) is 0 Å². The number of benzene rings is 2. The lowest BCUT2D eigenvalue weighted by atomic mass is 10.1. The molecule has 0 N–H and O–H groups in total. The van der Waals surface area contributed by atoms with Gasteiger partial charge in [0.25, 0.3) is 5.69 Å². The first kappa shape index (κ1) is 16.7. The summed E-state index contributed by atoms with van der Waals surface area (Å²) in [5.74, 6) is 0.0933. The molecule has 2 aromatic carbocycles. The van der Waals surface area contributed by atoms with Crippen LogP contribution in [-0.4, -0.2) is 19.6 Å². The van der Waals surface area contributed by atoms with Gasteiger partial charge in [0.05, 0.1) is 11.2 Å². The molecule has 0 aliphatic rings. The molecule has 0 saturated carbocycles. The van der Waals surface area contributed by atoms with Gasteiger partial charge in [-0.3, -0.25) is 10.1 Å². The monoisotopic (exact) mass is 333 g/mol.